The van der Waals surface area contributed by atoms with Gasteiger partial charge in [-0.3, -0.25) is 0 Å². The van der Waals surface area contributed by atoms with Crippen molar-refractivity contribution in [3.05, 3.63) is 83.4 Å². The maximum absolute atomic E-state index is 12.5. The molecule has 4 rings (SSSR count). The lowest BCUT2D eigenvalue weighted by Crippen LogP contribution is -2.09. The minimum absolute atomic E-state index is 0.00168. The summed E-state index contributed by atoms with van der Waals surface area (Å²) >= 11 is 6.03. The van der Waals surface area contributed by atoms with E-state index in [0.717, 1.165) is 21.5 Å². The third kappa shape index (κ3) is 2.90. The lowest BCUT2D eigenvalue weighted by Gasteiger charge is -2.10. The summed E-state index contributed by atoms with van der Waals surface area (Å²) in [4.78, 5) is 12.5. The van der Waals surface area contributed by atoms with Gasteiger partial charge in [-0.15, -0.1) is 0 Å². The van der Waals surface area contributed by atoms with E-state index in [1.54, 1.807) is 6.07 Å². The first-order valence-corrected chi connectivity index (χ1v) is 8.12. The Bertz CT molecular complexity index is 1120. The van der Waals surface area contributed by atoms with Crippen LogP contribution in [0.2, 0.25) is 5.02 Å². The molecule has 3 nitrogen and oxygen atoms in total. The molecule has 0 saturated heterocycles. The van der Waals surface area contributed by atoms with E-state index in [1.807, 2.05) is 42.5 Å². The number of hydrogen-bond donors (Lipinski definition) is 1. The Morgan fingerprint density at radius 3 is 2.32 bits per heavy atom. The number of phenolic OH excluding ortho intramolecular Hbond substituents is 1. The van der Waals surface area contributed by atoms with Gasteiger partial charge in [-0.2, -0.15) is 0 Å². The van der Waals surface area contributed by atoms with E-state index in [2.05, 4.69) is 6.07 Å². The van der Waals surface area contributed by atoms with Crippen molar-refractivity contribution >= 4 is 39.1 Å². The van der Waals surface area contributed by atoms with Gasteiger partial charge in [0, 0.05) is 5.39 Å². The molecule has 0 amide bonds. The first-order valence-electron chi connectivity index (χ1n) is 7.74. The van der Waals surface area contributed by atoms with E-state index in [0.29, 0.717) is 5.75 Å². The fourth-order valence-electron chi connectivity index (χ4n) is 2.85. The Hall–Kier alpha value is -3.04. The first-order chi connectivity index (χ1) is 12.1. The number of halogens is 1. The highest BCUT2D eigenvalue weighted by Crippen LogP contribution is 2.31. The molecule has 0 saturated carbocycles. The molecule has 0 bridgehead atoms. The number of esters is 1. The topological polar surface area (TPSA) is 46.5 Å². The molecular formula is C21H13ClO3. The van der Waals surface area contributed by atoms with Gasteiger partial charge >= 0.3 is 5.97 Å². The molecule has 0 radical (unpaired) electrons. The summed E-state index contributed by atoms with van der Waals surface area (Å²) in [7, 11) is 0. The molecule has 4 aromatic rings. The number of ether oxygens (including phenoxy) is 1. The summed E-state index contributed by atoms with van der Waals surface area (Å²) in [6, 6.07) is 21.8. The van der Waals surface area contributed by atoms with E-state index >= 15 is 0 Å². The fourth-order valence-corrected chi connectivity index (χ4v) is 3.10. The zero-order valence-corrected chi connectivity index (χ0v) is 13.8. The number of aromatic hydroxyl groups is 1. The molecule has 0 spiro atoms. The van der Waals surface area contributed by atoms with Gasteiger partial charge in [0.15, 0.2) is 0 Å². The van der Waals surface area contributed by atoms with Crippen molar-refractivity contribution in [2.24, 2.45) is 0 Å². The van der Waals surface area contributed by atoms with Crippen LogP contribution >= 0.6 is 11.6 Å². The average Bonchev–Trinajstić information content (AvgIpc) is 2.60. The normalized spacial score (nSPS) is 10.9. The van der Waals surface area contributed by atoms with Crippen LogP contribution in [0.3, 0.4) is 0 Å². The Labute approximate surface area is 149 Å². The second kappa shape index (κ2) is 6.11. The van der Waals surface area contributed by atoms with Crippen molar-refractivity contribution in [3.8, 4) is 11.5 Å². The minimum atomic E-state index is -0.564. The number of rotatable bonds is 2. The van der Waals surface area contributed by atoms with Crippen molar-refractivity contribution in [1.29, 1.82) is 0 Å². The summed E-state index contributed by atoms with van der Waals surface area (Å²) in [6.07, 6.45) is 0. The van der Waals surface area contributed by atoms with E-state index in [1.165, 1.54) is 18.2 Å². The van der Waals surface area contributed by atoms with Crippen molar-refractivity contribution < 1.29 is 14.6 Å². The summed E-state index contributed by atoms with van der Waals surface area (Å²) in [5.41, 5.74) is 0.206. The van der Waals surface area contributed by atoms with E-state index in [-0.39, 0.29) is 16.3 Å². The van der Waals surface area contributed by atoms with Crippen LogP contribution in [-0.2, 0) is 0 Å². The van der Waals surface area contributed by atoms with Crippen LogP contribution < -0.4 is 4.74 Å². The summed E-state index contributed by atoms with van der Waals surface area (Å²) in [6.45, 7) is 0. The molecule has 0 aliphatic carbocycles. The second-order valence-electron chi connectivity index (χ2n) is 5.73. The van der Waals surface area contributed by atoms with Gasteiger partial charge in [0.25, 0.3) is 0 Å². The molecular weight excluding hydrogens is 336 g/mol. The van der Waals surface area contributed by atoms with Gasteiger partial charge in [-0.05, 0) is 52.6 Å². The highest BCUT2D eigenvalue weighted by atomic mass is 35.5. The van der Waals surface area contributed by atoms with Crippen LogP contribution in [-0.4, -0.2) is 11.1 Å². The monoisotopic (exact) mass is 348 g/mol. The molecule has 0 heterocycles. The van der Waals surface area contributed by atoms with Crippen LogP contribution in [0.25, 0.3) is 21.5 Å². The zero-order valence-electron chi connectivity index (χ0n) is 13.1. The van der Waals surface area contributed by atoms with Gasteiger partial charge in [-0.1, -0.05) is 48.0 Å². The summed E-state index contributed by atoms with van der Waals surface area (Å²) < 4.78 is 5.58. The molecule has 0 fully saturated rings. The number of benzene rings is 4. The van der Waals surface area contributed by atoms with Gasteiger partial charge in [0.1, 0.15) is 11.5 Å². The number of hydrogen-bond acceptors (Lipinski definition) is 3. The van der Waals surface area contributed by atoms with E-state index in [9.17, 15) is 9.90 Å². The fraction of sp³-hybridized carbons (Fsp3) is 0. The molecule has 0 atom stereocenters. The van der Waals surface area contributed by atoms with Crippen LogP contribution in [0.5, 0.6) is 11.5 Å². The number of phenols is 1. The third-order valence-corrected chi connectivity index (χ3v) is 4.39. The molecule has 25 heavy (non-hydrogen) atoms. The number of carbonyl (C=O) groups is 1. The predicted molar refractivity (Wildman–Crippen MR) is 99.5 cm³/mol. The van der Waals surface area contributed by atoms with Gasteiger partial charge < -0.3 is 9.84 Å². The van der Waals surface area contributed by atoms with Crippen LogP contribution in [0.4, 0.5) is 0 Å². The Balaban J connectivity index is 1.78. The summed E-state index contributed by atoms with van der Waals surface area (Å²) in [5.74, 6) is -0.0961. The van der Waals surface area contributed by atoms with Crippen LogP contribution in [0.1, 0.15) is 10.4 Å². The van der Waals surface area contributed by atoms with E-state index in [4.69, 9.17) is 16.3 Å². The molecule has 0 aliphatic rings. The lowest BCUT2D eigenvalue weighted by molar-refractivity contribution is 0.0737. The molecule has 122 valence electrons. The van der Waals surface area contributed by atoms with Crippen molar-refractivity contribution in [3.63, 3.8) is 0 Å². The lowest BCUT2D eigenvalue weighted by atomic mass is 10.0. The smallest absolute Gasteiger partial charge is 0.345 e. The van der Waals surface area contributed by atoms with Gasteiger partial charge in [-0.25, -0.2) is 4.79 Å². The van der Waals surface area contributed by atoms with Crippen LogP contribution in [0, 0.1) is 0 Å². The predicted octanol–water partition coefficient (Wildman–Crippen LogP) is 5.57. The molecule has 4 heteroatoms. The molecule has 4 aromatic carbocycles. The molecule has 1 N–H and O–H groups in total. The highest BCUT2D eigenvalue weighted by molar-refractivity contribution is 6.33. The van der Waals surface area contributed by atoms with Crippen LogP contribution in [0.15, 0.2) is 72.8 Å². The molecule has 0 aromatic heterocycles. The maximum Gasteiger partial charge on any atom is 0.345 e. The van der Waals surface area contributed by atoms with Gasteiger partial charge in [0.2, 0.25) is 0 Å². The molecule has 0 unspecified atom stereocenters. The first kappa shape index (κ1) is 15.5. The standard InChI is InChI=1S/C21H13ClO3/c22-19-12-16(23)8-9-17(19)21(24)25-20-7-3-6-15-10-13-4-1-2-5-14(13)11-18(15)20/h1-12,23H. The van der Waals surface area contributed by atoms with Crippen molar-refractivity contribution in [2.45, 2.75) is 0 Å². The minimum Gasteiger partial charge on any atom is -0.508 e. The highest BCUT2D eigenvalue weighted by Gasteiger charge is 2.15. The molecule has 0 aliphatic heterocycles. The largest absolute Gasteiger partial charge is 0.508 e. The maximum atomic E-state index is 12.5. The number of fused-ring (bicyclic) bond motifs is 2. The number of carbonyl (C=O) groups excluding carboxylic acids is 1. The zero-order chi connectivity index (χ0) is 17.4. The Kier molecular flexibility index (Phi) is 3.79. The van der Waals surface area contributed by atoms with Gasteiger partial charge in [0.05, 0.1) is 10.6 Å². The van der Waals surface area contributed by atoms with Crippen molar-refractivity contribution in [2.75, 3.05) is 0 Å². The quantitative estimate of drug-likeness (QED) is 0.292. The Morgan fingerprint density at radius 1 is 0.840 bits per heavy atom. The Morgan fingerprint density at radius 2 is 1.56 bits per heavy atom. The summed E-state index contributed by atoms with van der Waals surface area (Å²) in [5, 5.41) is 13.6. The second-order valence-corrected chi connectivity index (χ2v) is 6.14. The third-order valence-electron chi connectivity index (χ3n) is 4.08. The van der Waals surface area contributed by atoms with E-state index < -0.39 is 5.97 Å². The SMILES string of the molecule is O=C(Oc1cccc2cc3ccccc3cc12)c1ccc(O)cc1Cl. The average molecular weight is 349 g/mol. The van der Waals surface area contributed by atoms with Crippen molar-refractivity contribution in [1.82, 2.24) is 0 Å².